The van der Waals surface area contributed by atoms with E-state index in [-0.39, 0.29) is 24.4 Å². The minimum Gasteiger partial charge on any atom is -0.354 e. The van der Waals surface area contributed by atoms with Gasteiger partial charge in [-0.25, -0.2) is 0 Å². The van der Waals surface area contributed by atoms with Crippen LogP contribution in [-0.2, 0) is 9.59 Å². The molecule has 2 N–H and O–H groups in total. The summed E-state index contributed by atoms with van der Waals surface area (Å²) in [5.74, 6) is -0.140. The topological polar surface area (TPSA) is 61.4 Å². The van der Waals surface area contributed by atoms with Gasteiger partial charge in [0, 0.05) is 12.2 Å². The number of nitrogens with one attached hydrogen (secondary N) is 2. The van der Waals surface area contributed by atoms with Crippen molar-refractivity contribution < 1.29 is 9.59 Å². The zero-order chi connectivity index (χ0) is 20.7. The first-order valence-corrected chi connectivity index (χ1v) is 10.3. The van der Waals surface area contributed by atoms with Gasteiger partial charge in [-0.3, -0.25) is 14.5 Å². The van der Waals surface area contributed by atoms with Gasteiger partial charge in [0.2, 0.25) is 11.8 Å². The van der Waals surface area contributed by atoms with Gasteiger partial charge in [-0.05, 0) is 78.0 Å². The highest BCUT2D eigenvalue weighted by atomic mass is 16.2. The van der Waals surface area contributed by atoms with Crippen LogP contribution in [0.25, 0.3) is 0 Å². The van der Waals surface area contributed by atoms with Crippen LogP contribution in [0.2, 0.25) is 0 Å². The second kappa shape index (κ2) is 10.4. The summed E-state index contributed by atoms with van der Waals surface area (Å²) >= 11 is 0. The molecule has 0 bridgehead atoms. The fourth-order valence-electron chi connectivity index (χ4n) is 3.75. The van der Waals surface area contributed by atoms with Crippen molar-refractivity contribution >= 4 is 17.5 Å². The summed E-state index contributed by atoms with van der Waals surface area (Å²) in [4.78, 5) is 26.7. The number of amides is 2. The zero-order valence-corrected chi connectivity index (χ0v) is 18.0. The molecule has 0 saturated heterocycles. The Bertz CT molecular complexity index is 716. The second-order valence-corrected chi connectivity index (χ2v) is 8.06. The van der Waals surface area contributed by atoms with Crippen molar-refractivity contribution in [2.45, 2.75) is 65.8 Å². The maximum absolute atomic E-state index is 12.5. The minimum absolute atomic E-state index is 0.0330. The molecule has 2 rings (SSSR count). The summed E-state index contributed by atoms with van der Waals surface area (Å²) in [5, 5.41) is 6.00. The van der Waals surface area contributed by atoms with E-state index >= 15 is 0 Å². The number of carbonyl (C=O) groups excluding carboxylic acids is 2. The van der Waals surface area contributed by atoms with Crippen molar-refractivity contribution in [3.63, 3.8) is 0 Å². The zero-order valence-electron chi connectivity index (χ0n) is 18.0. The molecule has 0 spiro atoms. The number of nitrogens with zero attached hydrogens (tertiary/aromatic N) is 1. The van der Waals surface area contributed by atoms with E-state index in [4.69, 9.17) is 0 Å². The molecule has 0 heterocycles. The Kier molecular flexibility index (Phi) is 8.24. The second-order valence-electron chi connectivity index (χ2n) is 8.06. The molecular formula is C23H35N3O2. The lowest BCUT2D eigenvalue weighted by atomic mass is 9.97. The van der Waals surface area contributed by atoms with Crippen molar-refractivity contribution in [2.24, 2.45) is 0 Å². The Hall–Kier alpha value is -2.14. The van der Waals surface area contributed by atoms with Crippen LogP contribution >= 0.6 is 0 Å². The van der Waals surface area contributed by atoms with Gasteiger partial charge in [0.25, 0.3) is 0 Å². The predicted molar refractivity (Wildman–Crippen MR) is 116 cm³/mol. The molecule has 154 valence electrons. The number of anilines is 1. The lowest BCUT2D eigenvalue weighted by Gasteiger charge is -2.24. The molecule has 1 aliphatic carbocycles. The number of allylic oxidation sites excluding steroid dienone is 1. The lowest BCUT2D eigenvalue weighted by Crippen LogP contribution is -2.46. The summed E-state index contributed by atoms with van der Waals surface area (Å²) in [5.41, 5.74) is 5.60. The highest BCUT2D eigenvalue weighted by molar-refractivity contribution is 5.94. The van der Waals surface area contributed by atoms with Crippen molar-refractivity contribution in [1.82, 2.24) is 10.2 Å². The van der Waals surface area contributed by atoms with E-state index in [2.05, 4.69) is 28.8 Å². The van der Waals surface area contributed by atoms with Gasteiger partial charge >= 0.3 is 0 Å². The maximum Gasteiger partial charge on any atom is 0.238 e. The predicted octanol–water partition coefficient (Wildman–Crippen LogP) is 3.88. The highest BCUT2D eigenvalue weighted by Gasteiger charge is 2.20. The molecule has 0 fully saturated rings. The van der Waals surface area contributed by atoms with Gasteiger partial charge in [-0.2, -0.15) is 0 Å². The number of hydrogen-bond acceptors (Lipinski definition) is 3. The number of carbonyl (C=O) groups is 2. The Morgan fingerprint density at radius 3 is 2.43 bits per heavy atom. The smallest absolute Gasteiger partial charge is 0.238 e. The quantitative estimate of drug-likeness (QED) is 0.668. The number of hydrogen-bond donors (Lipinski definition) is 2. The monoisotopic (exact) mass is 385 g/mol. The number of likely N-dealkylation sites (N-methyl/N-ethyl adjacent to an activating group) is 1. The van der Waals surface area contributed by atoms with Crippen LogP contribution in [0, 0.1) is 20.8 Å². The van der Waals surface area contributed by atoms with E-state index in [1.807, 2.05) is 34.7 Å². The molecule has 5 nitrogen and oxygen atoms in total. The van der Waals surface area contributed by atoms with Gasteiger partial charge in [0.05, 0.1) is 12.6 Å². The van der Waals surface area contributed by atoms with Crippen LogP contribution < -0.4 is 10.6 Å². The summed E-state index contributed by atoms with van der Waals surface area (Å²) in [6.45, 7) is 8.72. The molecule has 1 aromatic carbocycles. The van der Waals surface area contributed by atoms with Gasteiger partial charge in [0.1, 0.15) is 0 Å². The Labute approximate surface area is 169 Å². The number of rotatable bonds is 8. The van der Waals surface area contributed by atoms with Crippen LogP contribution in [-0.4, -0.2) is 42.9 Å². The van der Waals surface area contributed by atoms with E-state index < -0.39 is 0 Å². The lowest BCUT2D eigenvalue weighted by molar-refractivity contribution is -0.126. The normalized spacial score (nSPS) is 15.1. The molecule has 0 saturated carbocycles. The fraction of sp³-hybridized carbons (Fsp3) is 0.565. The van der Waals surface area contributed by atoms with E-state index in [9.17, 15) is 9.59 Å². The first-order chi connectivity index (χ1) is 13.3. The van der Waals surface area contributed by atoms with E-state index in [0.717, 1.165) is 36.1 Å². The molecule has 0 unspecified atom stereocenters. The molecule has 0 aliphatic heterocycles. The Balaban J connectivity index is 1.80. The third-order valence-corrected chi connectivity index (χ3v) is 5.51. The van der Waals surface area contributed by atoms with Crippen LogP contribution in [0.3, 0.4) is 0 Å². The van der Waals surface area contributed by atoms with Gasteiger partial charge in [-0.15, -0.1) is 0 Å². The Morgan fingerprint density at radius 2 is 1.82 bits per heavy atom. The van der Waals surface area contributed by atoms with Crippen molar-refractivity contribution in [3.8, 4) is 0 Å². The molecule has 1 aliphatic rings. The van der Waals surface area contributed by atoms with Crippen LogP contribution in [0.15, 0.2) is 23.8 Å². The average molecular weight is 386 g/mol. The van der Waals surface area contributed by atoms with E-state index in [1.165, 1.54) is 24.0 Å². The maximum atomic E-state index is 12.5. The van der Waals surface area contributed by atoms with Crippen molar-refractivity contribution in [1.29, 1.82) is 0 Å². The molecular weight excluding hydrogens is 350 g/mol. The van der Waals surface area contributed by atoms with Gasteiger partial charge in [-0.1, -0.05) is 29.3 Å². The largest absolute Gasteiger partial charge is 0.354 e. The summed E-state index contributed by atoms with van der Waals surface area (Å²) in [6.07, 6.45) is 8.09. The van der Waals surface area contributed by atoms with Crippen LogP contribution in [0.5, 0.6) is 0 Å². The summed E-state index contributed by atoms with van der Waals surface area (Å²) in [6, 6.07) is 3.76. The van der Waals surface area contributed by atoms with Crippen LogP contribution in [0.1, 0.15) is 55.7 Å². The summed E-state index contributed by atoms with van der Waals surface area (Å²) in [7, 11) is 1.81. The first-order valence-electron chi connectivity index (χ1n) is 10.3. The van der Waals surface area contributed by atoms with Crippen molar-refractivity contribution in [3.05, 3.63) is 40.5 Å². The highest BCUT2D eigenvalue weighted by Crippen LogP contribution is 2.22. The van der Waals surface area contributed by atoms with Crippen LogP contribution in [0.4, 0.5) is 5.69 Å². The SMILES string of the molecule is Cc1cc(C)c(NC(=O)CN(C)[C@H](C)C(=O)NCCC2=CCCCC2)c(C)c1. The third kappa shape index (κ3) is 6.48. The summed E-state index contributed by atoms with van der Waals surface area (Å²) < 4.78 is 0. The molecule has 1 atom stereocenters. The molecule has 2 amide bonds. The van der Waals surface area contributed by atoms with Gasteiger partial charge in [0.15, 0.2) is 0 Å². The molecule has 5 heteroatoms. The third-order valence-electron chi connectivity index (χ3n) is 5.51. The van der Waals surface area contributed by atoms with Crippen molar-refractivity contribution in [2.75, 3.05) is 25.5 Å². The average Bonchev–Trinajstić information content (AvgIpc) is 2.64. The number of benzene rings is 1. The first kappa shape index (κ1) is 22.2. The standard InChI is InChI=1S/C23H35N3O2/c1-16-13-17(2)22(18(3)14-16)25-21(27)15-26(5)19(4)23(28)24-12-11-20-9-7-6-8-10-20/h9,13-14,19H,6-8,10-12,15H2,1-5H3,(H,24,28)(H,25,27)/t19-/m1/s1. The van der Waals surface area contributed by atoms with E-state index in [0.29, 0.717) is 6.54 Å². The number of aryl methyl sites for hydroxylation is 3. The van der Waals surface area contributed by atoms with Gasteiger partial charge < -0.3 is 10.6 Å². The molecule has 0 radical (unpaired) electrons. The fourth-order valence-corrected chi connectivity index (χ4v) is 3.75. The molecule has 1 aromatic rings. The minimum atomic E-state index is -0.355. The molecule has 28 heavy (non-hydrogen) atoms. The molecule has 0 aromatic heterocycles. The Morgan fingerprint density at radius 1 is 1.14 bits per heavy atom. The van der Waals surface area contributed by atoms with E-state index in [1.54, 1.807) is 4.90 Å².